The first-order chi connectivity index (χ1) is 18.5. The number of aromatic nitrogens is 2. The third-order valence-corrected chi connectivity index (χ3v) is 6.07. The Bertz CT molecular complexity index is 1580. The van der Waals surface area contributed by atoms with Crippen molar-refractivity contribution in [1.29, 1.82) is 0 Å². The molecule has 190 valence electrons. The number of H-pyrrole nitrogens is 1. The Labute approximate surface area is 218 Å². The van der Waals surface area contributed by atoms with E-state index in [0.717, 1.165) is 22.0 Å². The van der Waals surface area contributed by atoms with Crippen LogP contribution in [0.5, 0.6) is 11.5 Å². The highest BCUT2D eigenvalue weighted by Gasteiger charge is 2.24. The molecule has 0 spiro atoms. The zero-order chi connectivity index (χ0) is 26.5. The maximum atomic E-state index is 13.1. The van der Waals surface area contributed by atoms with Gasteiger partial charge in [-0.2, -0.15) is 0 Å². The minimum Gasteiger partial charge on any atom is -0.467 e. The molecule has 0 aliphatic rings. The van der Waals surface area contributed by atoms with Crippen molar-refractivity contribution in [3.63, 3.8) is 0 Å². The Kier molecular flexibility index (Phi) is 7.13. The largest absolute Gasteiger partial charge is 0.467 e. The molecule has 38 heavy (non-hydrogen) atoms. The summed E-state index contributed by atoms with van der Waals surface area (Å²) in [6.45, 7) is 0. The number of aromatic amines is 1. The van der Waals surface area contributed by atoms with Crippen LogP contribution in [0.2, 0.25) is 0 Å². The van der Waals surface area contributed by atoms with Crippen molar-refractivity contribution in [2.75, 3.05) is 7.11 Å². The summed E-state index contributed by atoms with van der Waals surface area (Å²) in [4.78, 5) is 33.3. The smallest absolute Gasteiger partial charge is 0.328 e. The van der Waals surface area contributed by atoms with E-state index in [1.54, 1.807) is 42.5 Å². The van der Waals surface area contributed by atoms with Gasteiger partial charge in [0.2, 0.25) is 0 Å². The molecule has 2 aromatic heterocycles. The number of nitrogens with zero attached hydrogens (tertiary/aromatic N) is 1. The van der Waals surface area contributed by atoms with E-state index in [0.29, 0.717) is 17.2 Å². The lowest BCUT2D eigenvalue weighted by molar-refractivity contribution is -0.142. The van der Waals surface area contributed by atoms with E-state index in [-0.39, 0.29) is 17.9 Å². The van der Waals surface area contributed by atoms with Crippen LogP contribution >= 0.6 is 0 Å². The molecule has 8 heteroatoms. The van der Waals surface area contributed by atoms with Gasteiger partial charge >= 0.3 is 5.97 Å². The van der Waals surface area contributed by atoms with Gasteiger partial charge in [0.05, 0.1) is 12.8 Å². The van der Waals surface area contributed by atoms with Crippen LogP contribution in [-0.4, -0.2) is 35.0 Å². The van der Waals surface area contributed by atoms with Crippen molar-refractivity contribution in [2.45, 2.75) is 12.5 Å². The third-order valence-electron chi connectivity index (χ3n) is 6.07. The molecule has 0 fully saturated rings. The second-order valence-corrected chi connectivity index (χ2v) is 8.60. The molecule has 5 aromatic rings. The molecule has 0 aliphatic heterocycles. The van der Waals surface area contributed by atoms with Gasteiger partial charge in [0.15, 0.2) is 0 Å². The minimum atomic E-state index is -0.889. The number of para-hydroxylation sites is 1. The zero-order valence-electron chi connectivity index (χ0n) is 20.5. The van der Waals surface area contributed by atoms with Gasteiger partial charge in [-0.05, 0) is 72.3 Å². The number of ether oxygens (including phenoxy) is 2. The summed E-state index contributed by atoms with van der Waals surface area (Å²) in [5, 5.41) is 3.74. The Morgan fingerprint density at radius 1 is 0.921 bits per heavy atom. The van der Waals surface area contributed by atoms with Crippen molar-refractivity contribution in [3.8, 4) is 22.8 Å². The lowest BCUT2D eigenvalue weighted by atomic mass is 10.0. The van der Waals surface area contributed by atoms with Gasteiger partial charge in [-0.15, -0.1) is 0 Å². The maximum absolute atomic E-state index is 13.1. The molecule has 3 aromatic carbocycles. The fourth-order valence-corrected chi connectivity index (χ4v) is 4.14. The van der Waals surface area contributed by atoms with Crippen molar-refractivity contribution >= 4 is 22.8 Å². The van der Waals surface area contributed by atoms with Gasteiger partial charge in [0.1, 0.15) is 29.1 Å². The highest BCUT2D eigenvalue weighted by atomic mass is 19.1. The highest BCUT2D eigenvalue weighted by molar-refractivity contribution is 5.96. The number of halogens is 1. The van der Waals surface area contributed by atoms with Gasteiger partial charge in [-0.25, -0.2) is 14.2 Å². The number of rotatable bonds is 8. The Balaban J connectivity index is 1.30. The average molecular weight is 510 g/mol. The molecular weight excluding hydrogens is 485 g/mol. The summed E-state index contributed by atoms with van der Waals surface area (Å²) >= 11 is 0. The SMILES string of the molecule is COC(=O)[C@@H](Cc1c[nH]c2ccccc12)NC(=O)c1cccc(-c2ccc(Oc3ccc(F)cc3)cc2)n1. The molecule has 0 bridgehead atoms. The van der Waals surface area contributed by atoms with Gasteiger partial charge < -0.3 is 19.8 Å². The lowest BCUT2D eigenvalue weighted by Crippen LogP contribution is -2.43. The number of fused-ring (bicyclic) bond motifs is 1. The van der Waals surface area contributed by atoms with E-state index in [1.807, 2.05) is 42.6 Å². The van der Waals surface area contributed by atoms with E-state index in [1.165, 1.54) is 19.2 Å². The molecule has 2 N–H and O–H groups in total. The number of carbonyl (C=O) groups excluding carboxylic acids is 2. The highest BCUT2D eigenvalue weighted by Crippen LogP contribution is 2.25. The number of esters is 1. The van der Waals surface area contributed by atoms with Crippen molar-refractivity contribution in [3.05, 3.63) is 114 Å². The molecule has 0 aliphatic carbocycles. The second-order valence-electron chi connectivity index (χ2n) is 8.60. The molecule has 0 unspecified atom stereocenters. The molecule has 0 saturated heterocycles. The fraction of sp³-hybridized carbons (Fsp3) is 0.100. The number of nitrogens with one attached hydrogen (secondary N) is 2. The Hall–Kier alpha value is -4.98. The van der Waals surface area contributed by atoms with Crippen LogP contribution in [0, 0.1) is 5.82 Å². The van der Waals surface area contributed by atoms with E-state index in [9.17, 15) is 14.0 Å². The van der Waals surface area contributed by atoms with Crippen molar-refractivity contribution in [2.24, 2.45) is 0 Å². The van der Waals surface area contributed by atoms with Crippen LogP contribution in [0.25, 0.3) is 22.2 Å². The topological polar surface area (TPSA) is 93.3 Å². The van der Waals surface area contributed by atoms with Gasteiger partial charge in [0.25, 0.3) is 5.91 Å². The number of hydrogen-bond acceptors (Lipinski definition) is 5. The summed E-state index contributed by atoms with van der Waals surface area (Å²) in [6.07, 6.45) is 2.09. The van der Waals surface area contributed by atoms with Crippen LogP contribution in [0.4, 0.5) is 4.39 Å². The third kappa shape index (κ3) is 5.54. The van der Waals surface area contributed by atoms with Crippen molar-refractivity contribution in [1.82, 2.24) is 15.3 Å². The first-order valence-corrected chi connectivity index (χ1v) is 11.9. The van der Waals surface area contributed by atoms with E-state index in [2.05, 4.69) is 15.3 Å². The molecule has 7 nitrogen and oxygen atoms in total. The molecule has 0 saturated carbocycles. The number of hydrogen-bond donors (Lipinski definition) is 2. The molecule has 0 radical (unpaired) electrons. The van der Waals surface area contributed by atoms with E-state index in [4.69, 9.17) is 9.47 Å². The monoisotopic (exact) mass is 509 g/mol. The first-order valence-electron chi connectivity index (χ1n) is 11.9. The number of methoxy groups -OCH3 is 1. The number of pyridine rings is 1. The summed E-state index contributed by atoms with van der Waals surface area (Å²) in [6, 6.07) is 24.9. The van der Waals surface area contributed by atoms with Crippen LogP contribution < -0.4 is 10.1 Å². The Morgan fingerprint density at radius 3 is 2.37 bits per heavy atom. The molecule has 5 rings (SSSR count). The maximum Gasteiger partial charge on any atom is 0.328 e. The standard InChI is InChI=1S/C30H24FN3O4/c1-37-30(36)28(17-20-18-32-26-6-3-2-5-24(20)26)34-29(35)27-8-4-7-25(33-27)19-9-13-22(14-10-19)38-23-15-11-21(31)12-16-23/h2-16,18,28,32H,17H2,1H3,(H,34,35)/t28-/m1/s1. The average Bonchev–Trinajstić information content (AvgIpc) is 3.36. The predicted octanol–water partition coefficient (Wildman–Crippen LogP) is 5.68. The molecule has 2 heterocycles. The Morgan fingerprint density at radius 2 is 1.63 bits per heavy atom. The van der Waals surface area contributed by atoms with E-state index >= 15 is 0 Å². The van der Waals surface area contributed by atoms with Gasteiger partial charge in [-0.3, -0.25) is 4.79 Å². The minimum absolute atomic E-state index is 0.168. The number of benzene rings is 3. The second kappa shape index (κ2) is 11.0. The van der Waals surface area contributed by atoms with Crippen LogP contribution in [0.3, 0.4) is 0 Å². The quantitative estimate of drug-likeness (QED) is 0.263. The van der Waals surface area contributed by atoms with Crippen LogP contribution in [-0.2, 0) is 16.0 Å². The zero-order valence-corrected chi connectivity index (χ0v) is 20.5. The molecular formula is C30H24FN3O4. The lowest BCUT2D eigenvalue weighted by Gasteiger charge is -2.16. The van der Waals surface area contributed by atoms with Crippen molar-refractivity contribution < 1.29 is 23.5 Å². The number of amides is 1. The predicted molar refractivity (Wildman–Crippen MR) is 141 cm³/mol. The van der Waals surface area contributed by atoms with Gasteiger partial charge in [0, 0.05) is 29.1 Å². The summed E-state index contributed by atoms with van der Waals surface area (Å²) in [7, 11) is 1.29. The number of carbonyl (C=O) groups is 2. The summed E-state index contributed by atoms with van der Waals surface area (Å²) in [5.41, 5.74) is 3.36. The molecule has 1 amide bonds. The van der Waals surface area contributed by atoms with Gasteiger partial charge in [-0.1, -0.05) is 24.3 Å². The normalized spacial score (nSPS) is 11.6. The van der Waals surface area contributed by atoms with E-state index < -0.39 is 17.9 Å². The van der Waals surface area contributed by atoms with Crippen LogP contribution in [0.15, 0.2) is 97.2 Å². The van der Waals surface area contributed by atoms with Crippen LogP contribution in [0.1, 0.15) is 16.1 Å². The summed E-state index contributed by atoms with van der Waals surface area (Å²) < 4.78 is 23.8. The fourth-order valence-electron chi connectivity index (χ4n) is 4.14. The summed E-state index contributed by atoms with van der Waals surface area (Å²) in [5.74, 6) is -0.273. The molecule has 1 atom stereocenters. The first kappa shape index (κ1) is 24.7.